The van der Waals surface area contributed by atoms with Crippen LogP contribution >= 0.6 is 0 Å². The maximum absolute atomic E-state index is 5.47. The molecule has 3 heteroatoms. The molecule has 1 heterocycles. The Hall–Kier alpha value is -2.42. The first-order valence-corrected chi connectivity index (χ1v) is 7.32. The molecule has 1 atom stereocenters. The standard InChI is InChI=1S/C18H20N2O/c1-3-21-17-7-4-14(5-8-17)13(2)20-16-6-9-18-15(12-16)10-11-19-18/h4-13,19-20H,3H2,1-2H3. The molecule has 0 aliphatic rings. The summed E-state index contributed by atoms with van der Waals surface area (Å²) in [5.41, 5.74) is 3.53. The number of aromatic amines is 1. The number of rotatable bonds is 5. The van der Waals surface area contributed by atoms with Crippen molar-refractivity contribution in [3.8, 4) is 5.75 Å². The van der Waals surface area contributed by atoms with Gasteiger partial charge in [0.25, 0.3) is 0 Å². The van der Waals surface area contributed by atoms with E-state index in [9.17, 15) is 0 Å². The Morgan fingerprint density at radius 3 is 2.67 bits per heavy atom. The first kappa shape index (κ1) is 13.6. The van der Waals surface area contributed by atoms with Crippen LogP contribution in [0.25, 0.3) is 10.9 Å². The van der Waals surface area contributed by atoms with E-state index in [1.807, 2.05) is 25.3 Å². The summed E-state index contributed by atoms with van der Waals surface area (Å²) in [4.78, 5) is 3.21. The van der Waals surface area contributed by atoms with E-state index in [4.69, 9.17) is 4.74 Å². The highest BCUT2D eigenvalue weighted by Gasteiger charge is 2.06. The Morgan fingerprint density at radius 2 is 1.90 bits per heavy atom. The third-order valence-electron chi connectivity index (χ3n) is 3.63. The zero-order valence-electron chi connectivity index (χ0n) is 12.4. The molecule has 0 spiro atoms. The minimum atomic E-state index is 0.247. The Bertz CT molecular complexity index is 715. The quantitative estimate of drug-likeness (QED) is 0.708. The molecule has 3 rings (SSSR count). The highest BCUT2D eigenvalue weighted by atomic mass is 16.5. The van der Waals surface area contributed by atoms with Gasteiger partial charge in [0.15, 0.2) is 0 Å². The highest BCUT2D eigenvalue weighted by Crippen LogP contribution is 2.24. The lowest BCUT2D eigenvalue weighted by Gasteiger charge is -2.16. The van der Waals surface area contributed by atoms with Gasteiger partial charge in [-0.15, -0.1) is 0 Å². The van der Waals surface area contributed by atoms with Crippen LogP contribution in [0.4, 0.5) is 5.69 Å². The molecule has 108 valence electrons. The SMILES string of the molecule is CCOc1ccc(C(C)Nc2ccc3[nH]ccc3c2)cc1. The van der Waals surface area contributed by atoms with Crippen molar-refractivity contribution in [2.45, 2.75) is 19.9 Å². The zero-order chi connectivity index (χ0) is 14.7. The topological polar surface area (TPSA) is 37.0 Å². The molecule has 21 heavy (non-hydrogen) atoms. The van der Waals surface area contributed by atoms with Gasteiger partial charge in [-0.2, -0.15) is 0 Å². The number of ether oxygens (including phenoxy) is 1. The molecule has 0 fully saturated rings. The number of anilines is 1. The first-order chi connectivity index (χ1) is 10.3. The van der Waals surface area contributed by atoms with E-state index in [1.165, 1.54) is 10.9 Å². The molecule has 2 aromatic carbocycles. The van der Waals surface area contributed by atoms with Crippen molar-refractivity contribution in [1.82, 2.24) is 4.98 Å². The van der Waals surface area contributed by atoms with Crippen LogP contribution in [-0.2, 0) is 0 Å². The van der Waals surface area contributed by atoms with Crippen molar-refractivity contribution < 1.29 is 4.74 Å². The van der Waals surface area contributed by atoms with E-state index in [-0.39, 0.29) is 6.04 Å². The van der Waals surface area contributed by atoms with E-state index in [0.717, 1.165) is 17.0 Å². The molecule has 0 aliphatic heterocycles. The van der Waals surface area contributed by atoms with Crippen molar-refractivity contribution in [3.05, 3.63) is 60.3 Å². The summed E-state index contributed by atoms with van der Waals surface area (Å²) < 4.78 is 5.47. The molecule has 3 nitrogen and oxygen atoms in total. The number of nitrogens with one attached hydrogen (secondary N) is 2. The monoisotopic (exact) mass is 280 g/mol. The molecule has 1 unspecified atom stereocenters. The summed E-state index contributed by atoms with van der Waals surface area (Å²) in [5, 5.41) is 4.76. The van der Waals surface area contributed by atoms with Crippen molar-refractivity contribution >= 4 is 16.6 Å². The molecule has 1 aromatic heterocycles. The predicted molar refractivity (Wildman–Crippen MR) is 87.9 cm³/mol. The summed E-state index contributed by atoms with van der Waals surface area (Å²) in [6.45, 7) is 4.86. The molecule has 0 saturated heterocycles. The van der Waals surface area contributed by atoms with Crippen LogP contribution < -0.4 is 10.1 Å². The van der Waals surface area contributed by atoms with Gasteiger partial charge in [0.05, 0.1) is 6.61 Å². The molecular formula is C18H20N2O. The lowest BCUT2D eigenvalue weighted by Crippen LogP contribution is -2.06. The number of hydrogen-bond donors (Lipinski definition) is 2. The molecule has 3 aromatic rings. The number of benzene rings is 2. The number of H-pyrrole nitrogens is 1. The Morgan fingerprint density at radius 1 is 1.10 bits per heavy atom. The van der Waals surface area contributed by atoms with Crippen LogP contribution in [0.5, 0.6) is 5.75 Å². The van der Waals surface area contributed by atoms with Crippen molar-refractivity contribution in [1.29, 1.82) is 0 Å². The fourth-order valence-electron chi connectivity index (χ4n) is 2.50. The average molecular weight is 280 g/mol. The third-order valence-corrected chi connectivity index (χ3v) is 3.63. The maximum Gasteiger partial charge on any atom is 0.119 e. The van der Waals surface area contributed by atoms with Crippen LogP contribution in [0.3, 0.4) is 0 Å². The minimum absolute atomic E-state index is 0.247. The predicted octanol–water partition coefficient (Wildman–Crippen LogP) is 4.74. The molecule has 0 bridgehead atoms. The van der Waals surface area contributed by atoms with Crippen LogP contribution in [0, 0.1) is 0 Å². The highest BCUT2D eigenvalue weighted by molar-refractivity contribution is 5.83. The summed E-state index contributed by atoms with van der Waals surface area (Å²) >= 11 is 0. The van der Waals surface area contributed by atoms with Crippen LogP contribution in [0.15, 0.2) is 54.7 Å². The maximum atomic E-state index is 5.47. The second-order valence-corrected chi connectivity index (χ2v) is 5.15. The molecule has 2 N–H and O–H groups in total. The fourth-order valence-corrected chi connectivity index (χ4v) is 2.50. The van der Waals surface area contributed by atoms with Crippen LogP contribution in [0.2, 0.25) is 0 Å². The molecule has 0 aliphatic carbocycles. The van der Waals surface area contributed by atoms with Crippen molar-refractivity contribution in [3.63, 3.8) is 0 Å². The van der Waals surface area contributed by atoms with Gasteiger partial charge in [-0.25, -0.2) is 0 Å². The second kappa shape index (κ2) is 5.92. The van der Waals surface area contributed by atoms with Gasteiger partial charge in [-0.3, -0.25) is 0 Å². The minimum Gasteiger partial charge on any atom is -0.494 e. The van der Waals surface area contributed by atoms with Gasteiger partial charge in [0.1, 0.15) is 5.75 Å². The van der Waals surface area contributed by atoms with Gasteiger partial charge in [0, 0.05) is 28.8 Å². The lowest BCUT2D eigenvalue weighted by molar-refractivity contribution is 0.340. The third kappa shape index (κ3) is 3.02. The average Bonchev–Trinajstić information content (AvgIpc) is 2.96. The summed E-state index contributed by atoms with van der Waals surface area (Å²) in [6.07, 6.45) is 1.96. The second-order valence-electron chi connectivity index (χ2n) is 5.15. The van der Waals surface area contributed by atoms with E-state index < -0.39 is 0 Å². The van der Waals surface area contributed by atoms with Crippen LogP contribution in [-0.4, -0.2) is 11.6 Å². The van der Waals surface area contributed by atoms with Crippen molar-refractivity contribution in [2.24, 2.45) is 0 Å². The van der Waals surface area contributed by atoms with Crippen molar-refractivity contribution in [2.75, 3.05) is 11.9 Å². The van der Waals surface area contributed by atoms with E-state index in [1.54, 1.807) is 0 Å². The van der Waals surface area contributed by atoms with Gasteiger partial charge in [0.2, 0.25) is 0 Å². The summed E-state index contributed by atoms with van der Waals surface area (Å²) in [6, 6.07) is 17.0. The number of hydrogen-bond acceptors (Lipinski definition) is 2. The summed E-state index contributed by atoms with van der Waals surface area (Å²) in [5.74, 6) is 0.919. The molecular weight excluding hydrogens is 260 g/mol. The first-order valence-electron chi connectivity index (χ1n) is 7.32. The summed E-state index contributed by atoms with van der Waals surface area (Å²) in [7, 11) is 0. The molecule has 0 amide bonds. The Labute approximate surface area is 125 Å². The van der Waals surface area contributed by atoms with Crippen LogP contribution in [0.1, 0.15) is 25.5 Å². The number of fused-ring (bicyclic) bond motifs is 1. The molecule has 0 saturated carbocycles. The normalized spacial score (nSPS) is 12.3. The fraction of sp³-hybridized carbons (Fsp3) is 0.222. The number of aromatic nitrogens is 1. The zero-order valence-corrected chi connectivity index (χ0v) is 12.4. The van der Waals surface area contributed by atoms with E-state index in [0.29, 0.717) is 6.61 Å². The van der Waals surface area contributed by atoms with Gasteiger partial charge >= 0.3 is 0 Å². The Kier molecular flexibility index (Phi) is 3.82. The van der Waals surface area contributed by atoms with Gasteiger partial charge < -0.3 is 15.0 Å². The lowest BCUT2D eigenvalue weighted by atomic mass is 10.1. The largest absolute Gasteiger partial charge is 0.494 e. The van der Waals surface area contributed by atoms with Gasteiger partial charge in [-0.05, 0) is 55.8 Å². The smallest absolute Gasteiger partial charge is 0.119 e. The van der Waals surface area contributed by atoms with Gasteiger partial charge in [-0.1, -0.05) is 12.1 Å². The van der Waals surface area contributed by atoms with E-state index in [2.05, 4.69) is 53.6 Å². The molecule has 0 radical (unpaired) electrons. The Balaban J connectivity index is 1.73. The van der Waals surface area contributed by atoms with E-state index >= 15 is 0 Å².